The Balaban J connectivity index is 1.86. The number of hydrogen-bond donors (Lipinski definition) is 3. The molecule has 2 heterocycles. The average Bonchev–Trinajstić information content (AvgIpc) is 2.88. The Morgan fingerprint density at radius 3 is 3.05 bits per heavy atom. The quantitative estimate of drug-likeness (QED) is 0.489. The van der Waals surface area contributed by atoms with Gasteiger partial charge in [-0.25, -0.2) is 9.50 Å². The maximum absolute atomic E-state index is 9.75. The minimum atomic E-state index is 0.210. The van der Waals surface area contributed by atoms with Crippen molar-refractivity contribution in [2.24, 2.45) is 0 Å². The summed E-state index contributed by atoms with van der Waals surface area (Å²) in [7, 11) is 0. The molecule has 0 saturated carbocycles. The lowest BCUT2D eigenvalue weighted by atomic mass is 10.2. The number of nitrogens with one attached hydrogen (secondary N) is 1. The van der Waals surface area contributed by atoms with Gasteiger partial charge in [-0.15, -0.1) is 0 Å². The van der Waals surface area contributed by atoms with Gasteiger partial charge >= 0.3 is 0 Å². The van der Waals surface area contributed by atoms with E-state index in [2.05, 4.69) is 15.4 Å². The van der Waals surface area contributed by atoms with Crippen molar-refractivity contribution < 1.29 is 5.11 Å². The third kappa shape index (κ3) is 2.15. The van der Waals surface area contributed by atoms with Crippen LogP contribution in [0.4, 0.5) is 11.5 Å². The Morgan fingerprint density at radius 2 is 2.16 bits per heavy atom. The minimum Gasteiger partial charge on any atom is -0.508 e. The Bertz CT molecular complexity index is 722. The van der Waals surface area contributed by atoms with E-state index < -0.39 is 0 Å². The highest BCUT2D eigenvalue weighted by Crippen LogP contribution is 2.21. The second kappa shape index (κ2) is 4.49. The summed E-state index contributed by atoms with van der Waals surface area (Å²) in [5.74, 6) is 0.920. The van der Waals surface area contributed by atoms with Crippen molar-refractivity contribution in [2.75, 3.05) is 11.1 Å². The molecule has 0 spiro atoms. The van der Waals surface area contributed by atoms with Crippen LogP contribution in [-0.4, -0.2) is 19.7 Å². The van der Waals surface area contributed by atoms with Crippen LogP contribution in [-0.2, 0) is 6.54 Å². The first kappa shape index (κ1) is 11.3. The van der Waals surface area contributed by atoms with Crippen LogP contribution in [0.15, 0.2) is 42.9 Å². The van der Waals surface area contributed by atoms with Gasteiger partial charge in [0.15, 0.2) is 5.82 Å². The van der Waals surface area contributed by atoms with E-state index in [1.807, 2.05) is 6.07 Å². The number of nitrogens with zero attached hydrogens (tertiary/aromatic N) is 3. The van der Waals surface area contributed by atoms with E-state index in [0.29, 0.717) is 18.1 Å². The molecule has 3 rings (SSSR count). The van der Waals surface area contributed by atoms with Crippen molar-refractivity contribution in [2.45, 2.75) is 6.54 Å². The highest BCUT2D eigenvalue weighted by molar-refractivity contribution is 5.67. The zero-order valence-electron chi connectivity index (χ0n) is 10.1. The van der Waals surface area contributed by atoms with Crippen molar-refractivity contribution >= 4 is 17.0 Å². The number of hydrogen-bond acceptors (Lipinski definition) is 5. The molecule has 96 valence electrons. The Morgan fingerprint density at radius 1 is 1.26 bits per heavy atom. The molecule has 0 bridgehead atoms. The molecule has 0 unspecified atom stereocenters. The fraction of sp³-hybridized carbons (Fsp3) is 0.0769. The van der Waals surface area contributed by atoms with Crippen LogP contribution in [0, 0.1) is 0 Å². The average molecular weight is 255 g/mol. The minimum absolute atomic E-state index is 0.210. The van der Waals surface area contributed by atoms with Gasteiger partial charge in [-0.2, -0.15) is 5.10 Å². The van der Waals surface area contributed by atoms with E-state index in [4.69, 9.17) is 5.73 Å². The molecule has 0 aliphatic rings. The molecule has 0 atom stereocenters. The normalized spacial score (nSPS) is 10.7. The number of fused-ring (bicyclic) bond motifs is 1. The smallest absolute Gasteiger partial charge is 0.152 e. The van der Waals surface area contributed by atoms with Crippen molar-refractivity contribution in [1.29, 1.82) is 0 Å². The predicted molar refractivity (Wildman–Crippen MR) is 72.8 cm³/mol. The monoisotopic (exact) mass is 255 g/mol. The van der Waals surface area contributed by atoms with Crippen LogP contribution < -0.4 is 11.1 Å². The van der Waals surface area contributed by atoms with Crippen molar-refractivity contribution in [3.63, 3.8) is 0 Å². The number of aromatic nitrogens is 3. The van der Waals surface area contributed by atoms with E-state index >= 15 is 0 Å². The maximum atomic E-state index is 9.75. The molecule has 2 aromatic heterocycles. The zero-order chi connectivity index (χ0) is 13.2. The molecule has 0 radical (unpaired) electrons. The predicted octanol–water partition coefficient (Wildman–Crippen LogP) is 1.63. The number of anilines is 2. The summed E-state index contributed by atoms with van der Waals surface area (Å²) in [6, 6.07) is 6.85. The van der Waals surface area contributed by atoms with E-state index in [9.17, 15) is 5.11 Å². The summed E-state index contributed by atoms with van der Waals surface area (Å²) in [5.41, 5.74) is 7.92. The van der Waals surface area contributed by atoms with Gasteiger partial charge in [0.1, 0.15) is 11.3 Å². The SMILES string of the molecule is Nc1ccc(O)c(CNc2nccn3nccc23)c1. The molecule has 6 heteroatoms. The van der Waals surface area contributed by atoms with E-state index in [1.54, 1.807) is 41.3 Å². The lowest BCUT2D eigenvalue weighted by molar-refractivity contribution is 0.469. The van der Waals surface area contributed by atoms with Crippen LogP contribution in [0.25, 0.3) is 5.52 Å². The number of phenols is 1. The molecule has 0 fully saturated rings. The molecule has 1 aromatic carbocycles. The number of nitrogen functional groups attached to an aromatic ring is 1. The van der Waals surface area contributed by atoms with Crippen LogP contribution >= 0.6 is 0 Å². The Hall–Kier alpha value is -2.76. The summed E-state index contributed by atoms with van der Waals surface area (Å²) in [5, 5.41) is 17.1. The highest BCUT2D eigenvalue weighted by atomic mass is 16.3. The fourth-order valence-corrected chi connectivity index (χ4v) is 1.92. The number of nitrogens with two attached hydrogens (primary N) is 1. The third-order valence-electron chi connectivity index (χ3n) is 2.87. The third-order valence-corrected chi connectivity index (χ3v) is 2.87. The van der Waals surface area contributed by atoms with Crippen LogP contribution in [0.2, 0.25) is 0 Å². The van der Waals surface area contributed by atoms with Crippen molar-refractivity contribution in [1.82, 2.24) is 14.6 Å². The number of rotatable bonds is 3. The van der Waals surface area contributed by atoms with Crippen molar-refractivity contribution in [3.05, 3.63) is 48.4 Å². The molecule has 0 amide bonds. The fourth-order valence-electron chi connectivity index (χ4n) is 1.92. The Labute approximate surface area is 109 Å². The van der Waals surface area contributed by atoms with Gasteiger partial charge in [0.05, 0.1) is 6.20 Å². The molecule has 3 aromatic rings. The van der Waals surface area contributed by atoms with Gasteiger partial charge in [0.25, 0.3) is 0 Å². The standard InChI is InChI=1S/C13H13N5O/c14-10-1-2-12(19)9(7-10)8-16-13-11-3-4-17-18(11)6-5-15-13/h1-7,19H,8,14H2,(H,15,16). The molecular weight excluding hydrogens is 242 g/mol. The van der Waals surface area contributed by atoms with E-state index in [-0.39, 0.29) is 5.75 Å². The van der Waals surface area contributed by atoms with Gasteiger partial charge in [-0.3, -0.25) is 0 Å². The number of phenolic OH excluding ortho intramolecular Hbond substituents is 1. The van der Waals surface area contributed by atoms with Gasteiger partial charge in [-0.05, 0) is 24.3 Å². The molecule has 4 N–H and O–H groups in total. The molecule has 0 aliphatic carbocycles. The molecular formula is C13H13N5O. The molecule has 0 aliphatic heterocycles. The summed E-state index contributed by atoms with van der Waals surface area (Å²) in [6.07, 6.45) is 5.15. The molecule has 0 saturated heterocycles. The summed E-state index contributed by atoms with van der Waals surface area (Å²) in [4.78, 5) is 4.26. The highest BCUT2D eigenvalue weighted by Gasteiger charge is 2.05. The topological polar surface area (TPSA) is 88.5 Å². The molecule has 6 nitrogen and oxygen atoms in total. The number of aromatic hydroxyl groups is 1. The second-order valence-electron chi connectivity index (χ2n) is 4.18. The first-order chi connectivity index (χ1) is 9.24. The lowest BCUT2D eigenvalue weighted by Gasteiger charge is -2.09. The van der Waals surface area contributed by atoms with Gasteiger partial charge < -0.3 is 16.2 Å². The molecule has 19 heavy (non-hydrogen) atoms. The second-order valence-corrected chi connectivity index (χ2v) is 4.18. The van der Waals surface area contributed by atoms with Crippen LogP contribution in [0.1, 0.15) is 5.56 Å². The van der Waals surface area contributed by atoms with Gasteiger partial charge in [0, 0.05) is 30.2 Å². The summed E-state index contributed by atoms with van der Waals surface area (Å²) >= 11 is 0. The van der Waals surface area contributed by atoms with Crippen LogP contribution in [0.5, 0.6) is 5.75 Å². The van der Waals surface area contributed by atoms with E-state index in [0.717, 1.165) is 11.1 Å². The summed E-state index contributed by atoms with van der Waals surface area (Å²) < 4.78 is 1.73. The first-order valence-corrected chi connectivity index (χ1v) is 5.83. The summed E-state index contributed by atoms with van der Waals surface area (Å²) in [6.45, 7) is 0.439. The van der Waals surface area contributed by atoms with Crippen LogP contribution in [0.3, 0.4) is 0 Å². The van der Waals surface area contributed by atoms with Crippen molar-refractivity contribution in [3.8, 4) is 5.75 Å². The van der Waals surface area contributed by atoms with Gasteiger partial charge in [-0.1, -0.05) is 0 Å². The number of benzene rings is 1. The van der Waals surface area contributed by atoms with Gasteiger partial charge in [0.2, 0.25) is 0 Å². The van der Waals surface area contributed by atoms with E-state index in [1.165, 1.54) is 0 Å². The largest absolute Gasteiger partial charge is 0.508 e. The maximum Gasteiger partial charge on any atom is 0.152 e. The first-order valence-electron chi connectivity index (χ1n) is 5.83. The Kier molecular flexibility index (Phi) is 2.68. The zero-order valence-corrected chi connectivity index (χ0v) is 10.1. The lowest BCUT2D eigenvalue weighted by Crippen LogP contribution is -2.04.